The molecular formula is C54H48N2O2. The van der Waals surface area contributed by atoms with Crippen LogP contribution >= 0.6 is 0 Å². The third kappa shape index (κ3) is 8.67. The SMILES string of the molecule is CCC(C)(C)c1ccc(Cc2ccc(Oc3ccc(N(c4ccc(O)cc4)c4ccc(-c5ccc(N(c6ccccc6)c6ccccc6)cc5)cc4)cc3)cc2)cc1. The first-order chi connectivity index (χ1) is 28.3. The smallest absolute Gasteiger partial charge is 0.127 e. The molecule has 0 aliphatic carbocycles. The van der Waals surface area contributed by atoms with E-state index in [0.29, 0.717) is 0 Å². The van der Waals surface area contributed by atoms with Crippen LogP contribution in [0.3, 0.4) is 0 Å². The summed E-state index contributed by atoms with van der Waals surface area (Å²) in [7, 11) is 0. The number of anilines is 6. The summed E-state index contributed by atoms with van der Waals surface area (Å²) in [6.45, 7) is 6.84. The van der Waals surface area contributed by atoms with E-state index in [9.17, 15) is 5.11 Å². The Morgan fingerprint density at radius 3 is 1.17 bits per heavy atom. The summed E-state index contributed by atoms with van der Waals surface area (Å²) in [5.41, 5.74) is 12.6. The molecule has 0 heterocycles. The molecule has 4 nitrogen and oxygen atoms in total. The van der Waals surface area contributed by atoms with Gasteiger partial charge in [-0.1, -0.05) is 118 Å². The standard InChI is InChI=1S/C54H48N2O2/c1-4-54(2,3)44-23-15-40(16-24-44)39-41-17-35-52(36-18-41)58-53-37-31-50(32-38-53)56(49-29-33-51(57)34-30-49)48-27-21-43(22-28-48)42-19-25-47(26-20-42)55(45-11-7-5-8-12-45)46-13-9-6-10-14-46/h5-38,57H,4,39H2,1-3H3. The lowest BCUT2D eigenvalue weighted by molar-refractivity contribution is 0.475. The van der Waals surface area contributed by atoms with Crippen LogP contribution in [0.4, 0.5) is 34.1 Å². The van der Waals surface area contributed by atoms with E-state index in [1.807, 2.05) is 48.5 Å². The highest BCUT2D eigenvalue weighted by Crippen LogP contribution is 2.39. The van der Waals surface area contributed by atoms with Crippen LogP contribution in [0.5, 0.6) is 17.2 Å². The molecule has 4 heteroatoms. The molecule has 8 rings (SSSR count). The Bertz CT molecular complexity index is 2470. The molecule has 0 aromatic heterocycles. The number of hydrogen-bond acceptors (Lipinski definition) is 4. The molecule has 8 aromatic rings. The minimum absolute atomic E-state index is 0.190. The summed E-state index contributed by atoms with van der Waals surface area (Å²) in [4.78, 5) is 4.45. The molecule has 0 spiro atoms. The molecule has 1 N–H and O–H groups in total. The number of phenols is 1. The van der Waals surface area contributed by atoms with E-state index in [1.54, 1.807) is 12.1 Å². The molecule has 8 aromatic carbocycles. The maximum Gasteiger partial charge on any atom is 0.127 e. The number of hydrogen-bond donors (Lipinski definition) is 1. The predicted molar refractivity (Wildman–Crippen MR) is 242 cm³/mol. The average molecular weight is 757 g/mol. The minimum Gasteiger partial charge on any atom is -0.508 e. The van der Waals surface area contributed by atoms with Crippen LogP contribution in [0.25, 0.3) is 11.1 Å². The third-order valence-electron chi connectivity index (χ3n) is 11.0. The molecule has 0 unspecified atom stereocenters. The first-order valence-corrected chi connectivity index (χ1v) is 20.0. The fraction of sp³-hybridized carbons (Fsp3) is 0.111. The maximum absolute atomic E-state index is 10.1. The number of ether oxygens (including phenoxy) is 1. The van der Waals surface area contributed by atoms with E-state index in [4.69, 9.17) is 4.74 Å². The average Bonchev–Trinajstić information content (AvgIpc) is 3.27. The van der Waals surface area contributed by atoms with Gasteiger partial charge >= 0.3 is 0 Å². The number of phenolic OH excluding ortho intramolecular Hbond substituents is 1. The van der Waals surface area contributed by atoms with Crippen molar-refractivity contribution in [2.75, 3.05) is 9.80 Å². The van der Waals surface area contributed by atoms with Crippen LogP contribution in [-0.4, -0.2) is 5.11 Å². The van der Waals surface area contributed by atoms with Gasteiger partial charge in [-0.15, -0.1) is 0 Å². The quantitative estimate of drug-likeness (QED) is 0.127. The molecule has 0 amide bonds. The second-order valence-corrected chi connectivity index (χ2v) is 15.3. The second-order valence-electron chi connectivity index (χ2n) is 15.3. The van der Waals surface area contributed by atoms with Gasteiger partial charge in [0.25, 0.3) is 0 Å². The molecule has 0 saturated heterocycles. The van der Waals surface area contributed by atoms with Crippen LogP contribution in [0, 0.1) is 0 Å². The number of rotatable bonds is 13. The summed E-state index contributed by atoms with van der Waals surface area (Å²) in [5, 5.41) is 10.1. The lowest BCUT2D eigenvalue weighted by Gasteiger charge is -2.26. The molecule has 0 fully saturated rings. The first-order valence-electron chi connectivity index (χ1n) is 20.0. The molecule has 0 aliphatic rings. The summed E-state index contributed by atoms with van der Waals surface area (Å²) >= 11 is 0. The topological polar surface area (TPSA) is 35.9 Å². The first kappa shape index (κ1) is 37.9. The van der Waals surface area contributed by atoms with E-state index in [-0.39, 0.29) is 11.2 Å². The highest BCUT2D eigenvalue weighted by Gasteiger charge is 2.18. The fourth-order valence-corrected chi connectivity index (χ4v) is 7.24. The largest absolute Gasteiger partial charge is 0.508 e. The summed E-state index contributed by atoms with van der Waals surface area (Å²) < 4.78 is 6.29. The zero-order valence-electron chi connectivity index (χ0n) is 33.3. The van der Waals surface area contributed by atoms with Crippen molar-refractivity contribution < 1.29 is 9.84 Å². The molecule has 286 valence electrons. The van der Waals surface area contributed by atoms with Crippen LogP contribution < -0.4 is 14.5 Å². The minimum atomic E-state index is 0.190. The van der Waals surface area contributed by atoms with Crippen LogP contribution in [0.1, 0.15) is 43.9 Å². The molecular weight excluding hydrogens is 709 g/mol. The Hall–Kier alpha value is -7.04. The molecule has 0 aliphatic heterocycles. The summed E-state index contributed by atoms with van der Waals surface area (Å²) in [6, 6.07) is 71.0. The monoisotopic (exact) mass is 756 g/mol. The molecule has 0 saturated carbocycles. The van der Waals surface area contributed by atoms with Gasteiger partial charge in [0.2, 0.25) is 0 Å². The van der Waals surface area contributed by atoms with E-state index in [1.165, 1.54) is 16.7 Å². The fourth-order valence-electron chi connectivity index (χ4n) is 7.24. The van der Waals surface area contributed by atoms with Crippen molar-refractivity contribution in [3.8, 4) is 28.4 Å². The van der Waals surface area contributed by atoms with Crippen LogP contribution in [0.2, 0.25) is 0 Å². The van der Waals surface area contributed by atoms with Gasteiger partial charge in [0.1, 0.15) is 17.2 Å². The van der Waals surface area contributed by atoms with E-state index in [2.05, 4.69) is 176 Å². The molecule has 0 radical (unpaired) electrons. The van der Waals surface area contributed by atoms with Crippen molar-refractivity contribution in [2.24, 2.45) is 0 Å². The van der Waals surface area contributed by atoms with Crippen molar-refractivity contribution in [1.29, 1.82) is 0 Å². The number of nitrogens with zero attached hydrogens (tertiary/aromatic N) is 2. The van der Waals surface area contributed by atoms with Crippen molar-refractivity contribution >= 4 is 34.1 Å². The van der Waals surface area contributed by atoms with Crippen molar-refractivity contribution in [2.45, 2.75) is 39.0 Å². The number of benzene rings is 8. The lowest BCUT2D eigenvalue weighted by Crippen LogP contribution is -2.15. The van der Waals surface area contributed by atoms with Gasteiger partial charge in [-0.25, -0.2) is 0 Å². The van der Waals surface area contributed by atoms with E-state index < -0.39 is 0 Å². The number of para-hydroxylation sites is 2. The van der Waals surface area contributed by atoms with Crippen LogP contribution in [0.15, 0.2) is 206 Å². The van der Waals surface area contributed by atoms with Gasteiger partial charge in [-0.05, 0) is 155 Å². The van der Waals surface area contributed by atoms with Crippen molar-refractivity contribution in [3.05, 3.63) is 223 Å². The lowest BCUT2D eigenvalue weighted by atomic mass is 9.82. The normalized spacial score (nSPS) is 11.2. The van der Waals surface area contributed by atoms with Gasteiger partial charge in [0, 0.05) is 34.1 Å². The Kier molecular flexibility index (Phi) is 11.1. The maximum atomic E-state index is 10.1. The van der Waals surface area contributed by atoms with Gasteiger partial charge < -0.3 is 19.6 Å². The Morgan fingerprint density at radius 2 is 0.759 bits per heavy atom. The molecule has 58 heavy (non-hydrogen) atoms. The van der Waals surface area contributed by atoms with Gasteiger partial charge in [-0.3, -0.25) is 0 Å². The summed E-state index contributed by atoms with van der Waals surface area (Å²) in [6.07, 6.45) is 1.99. The van der Waals surface area contributed by atoms with Gasteiger partial charge in [0.05, 0.1) is 0 Å². The summed E-state index contributed by atoms with van der Waals surface area (Å²) in [5.74, 6) is 1.78. The van der Waals surface area contributed by atoms with Gasteiger partial charge in [0.15, 0.2) is 0 Å². The third-order valence-corrected chi connectivity index (χ3v) is 11.0. The number of aromatic hydroxyl groups is 1. The molecule has 0 bridgehead atoms. The second kappa shape index (κ2) is 17.0. The highest BCUT2D eigenvalue weighted by molar-refractivity contribution is 5.81. The Balaban J connectivity index is 0.980. The van der Waals surface area contributed by atoms with E-state index in [0.717, 1.165) is 69.6 Å². The molecule has 0 atom stereocenters. The van der Waals surface area contributed by atoms with Crippen molar-refractivity contribution in [1.82, 2.24) is 0 Å². The predicted octanol–water partition coefficient (Wildman–Crippen LogP) is 15.1. The highest BCUT2D eigenvalue weighted by atomic mass is 16.5. The van der Waals surface area contributed by atoms with Gasteiger partial charge in [-0.2, -0.15) is 0 Å². The Morgan fingerprint density at radius 1 is 0.414 bits per heavy atom. The van der Waals surface area contributed by atoms with E-state index >= 15 is 0 Å². The van der Waals surface area contributed by atoms with Crippen LogP contribution in [-0.2, 0) is 11.8 Å². The van der Waals surface area contributed by atoms with Crippen molar-refractivity contribution in [3.63, 3.8) is 0 Å². The zero-order chi connectivity index (χ0) is 39.9. The zero-order valence-corrected chi connectivity index (χ0v) is 33.3. The Labute approximate surface area is 342 Å².